The highest BCUT2D eigenvalue weighted by molar-refractivity contribution is 7.92. The molecule has 3 rings (SSSR count). The molecule has 2 unspecified atom stereocenters. The van der Waals surface area contributed by atoms with E-state index in [2.05, 4.69) is 15.6 Å². The first kappa shape index (κ1) is 23.2. The molecule has 8 nitrogen and oxygen atoms in total. The molecule has 10 heteroatoms. The number of fused-ring (bicyclic) bond motifs is 1. The number of hydrogen-bond donors (Lipinski definition) is 2. The third-order valence-corrected chi connectivity index (χ3v) is 7.11. The summed E-state index contributed by atoms with van der Waals surface area (Å²) in [5, 5.41) is 4.25. The molecule has 1 amide bonds. The van der Waals surface area contributed by atoms with Gasteiger partial charge in [-0.25, -0.2) is 17.8 Å². The van der Waals surface area contributed by atoms with E-state index in [4.69, 9.17) is 4.74 Å². The van der Waals surface area contributed by atoms with Crippen molar-refractivity contribution in [2.24, 2.45) is 0 Å². The van der Waals surface area contributed by atoms with Crippen LogP contribution in [0.5, 0.6) is 5.75 Å². The number of nitrogens with zero attached hydrogens (tertiary/aromatic N) is 2. The van der Waals surface area contributed by atoms with Crippen molar-refractivity contribution in [1.29, 1.82) is 0 Å². The minimum atomic E-state index is -3.76. The van der Waals surface area contributed by atoms with Crippen molar-refractivity contribution in [2.45, 2.75) is 57.2 Å². The topological polar surface area (TPSA) is 102 Å². The Morgan fingerprint density at radius 3 is 2.87 bits per heavy atom. The Morgan fingerprint density at radius 1 is 1.42 bits per heavy atom. The van der Waals surface area contributed by atoms with Gasteiger partial charge in [-0.3, -0.25) is 10.1 Å². The molecular formula is C21H29FN4O4S. The molecule has 0 radical (unpaired) electrons. The molecule has 170 valence electrons. The van der Waals surface area contributed by atoms with Gasteiger partial charge in [0.25, 0.3) is 5.91 Å². The molecule has 31 heavy (non-hydrogen) atoms. The number of halogens is 1. The number of aromatic nitrogens is 2. The lowest BCUT2D eigenvalue weighted by Crippen LogP contribution is -2.53. The summed E-state index contributed by atoms with van der Waals surface area (Å²) in [5.74, 6) is -0.790. The lowest BCUT2D eigenvalue weighted by atomic mass is 9.89. The van der Waals surface area contributed by atoms with Crippen molar-refractivity contribution < 1.29 is 22.3 Å². The number of carbonyl (C=O) groups excluding carboxylic acids is 1. The number of amides is 1. The summed E-state index contributed by atoms with van der Waals surface area (Å²) in [5.41, 5.74) is -0.104. The van der Waals surface area contributed by atoms with Gasteiger partial charge in [0.05, 0.1) is 6.33 Å². The van der Waals surface area contributed by atoms with E-state index >= 15 is 0 Å². The summed E-state index contributed by atoms with van der Waals surface area (Å²) in [7, 11) is -3.76. The van der Waals surface area contributed by atoms with Crippen LogP contribution in [0.1, 0.15) is 45.2 Å². The fraction of sp³-hybridized carbons (Fsp3) is 0.524. The quantitative estimate of drug-likeness (QED) is 0.566. The first-order valence-corrected chi connectivity index (χ1v) is 12.0. The van der Waals surface area contributed by atoms with Crippen LogP contribution in [-0.4, -0.2) is 47.1 Å². The van der Waals surface area contributed by atoms with Gasteiger partial charge in [0.1, 0.15) is 17.2 Å². The summed E-state index contributed by atoms with van der Waals surface area (Å²) in [6.07, 6.45) is 6.17. The molecule has 0 saturated heterocycles. The normalized spacial score (nSPS) is 18.6. The molecular weight excluding hydrogens is 423 g/mol. The zero-order chi connectivity index (χ0) is 22.6. The van der Waals surface area contributed by atoms with Crippen LogP contribution in [0.15, 0.2) is 36.9 Å². The monoisotopic (exact) mass is 452 g/mol. The van der Waals surface area contributed by atoms with Gasteiger partial charge in [-0.1, -0.05) is 6.92 Å². The zero-order valence-electron chi connectivity index (χ0n) is 18.0. The second-order valence-corrected chi connectivity index (χ2v) is 10.6. The fourth-order valence-corrected chi connectivity index (χ4v) is 4.77. The Balaban J connectivity index is 1.75. The highest BCUT2D eigenvalue weighted by atomic mass is 32.2. The van der Waals surface area contributed by atoms with Crippen LogP contribution in [0.25, 0.3) is 0 Å². The predicted molar refractivity (Wildman–Crippen MR) is 115 cm³/mol. The Hall–Kier alpha value is -2.46. The summed E-state index contributed by atoms with van der Waals surface area (Å²) in [4.78, 5) is 16.8. The molecule has 1 aliphatic rings. The molecule has 1 aromatic carbocycles. The highest BCUT2D eigenvalue weighted by Crippen LogP contribution is 2.40. The first-order chi connectivity index (χ1) is 14.6. The average Bonchev–Trinajstić information content (AvgIpc) is 3.22. The van der Waals surface area contributed by atoms with Crippen molar-refractivity contribution in [2.75, 3.05) is 12.3 Å². The number of aryl methyl sites for hydroxylation is 1. The minimum absolute atomic E-state index is 0.199. The summed E-state index contributed by atoms with van der Waals surface area (Å²) in [6.45, 7) is 6.21. The van der Waals surface area contributed by atoms with E-state index in [-0.39, 0.29) is 5.75 Å². The number of imidazole rings is 1. The number of hydrogen-bond acceptors (Lipinski definition) is 6. The van der Waals surface area contributed by atoms with Crippen LogP contribution in [-0.2, 0) is 21.2 Å². The Morgan fingerprint density at radius 2 is 2.19 bits per heavy atom. The zero-order valence-corrected chi connectivity index (χ0v) is 18.8. The van der Waals surface area contributed by atoms with Gasteiger partial charge >= 0.3 is 0 Å². The maximum absolute atomic E-state index is 13.9. The smallest absolute Gasteiger partial charge is 0.252 e. The molecule has 0 aliphatic carbocycles. The van der Waals surface area contributed by atoms with Crippen molar-refractivity contribution in [1.82, 2.24) is 20.2 Å². The minimum Gasteiger partial charge on any atom is -0.487 e. The fourth-order valence-electron chi connectivity index (χ4n) is 3.65. The maximum Gasteiger partial charge on any atom is 0.252 e. The number of nitrogens with one attached hydrogen (secondary N) is 2. The third kappa shape index (κ3) is 5.82. The lowest BCUT2D eigenvalue weighted by molar-refractivity contribution is -0.121. The molecule has 0 spiro atoms. The highest BCUT2D eigenvalue weighted by Gasteiger charge is 2.39. The van der Waals surface area contributed by atoms with Gasteiger partial charge in [-0.15, -0.1) is 0 Å². The Kier molecular flexibility index (Phi) is 7.00. The SMILES string of the molecule is CCS(=O)(=O)C(NC1CC(C)(C)Oc2ccc(F)cc21)C(=O)NCCCn1ccnc1. The Labute approximate surface area is 182 Å². The number of benzene rings is 1. The van der Waals surface area contributed by atoms with E-state index in [1.54, 1.807) is 12.5 Å². The van der Waals surface area contributed by atoms with Crippen molar-refractivity contribution in [3.8, 4) is 5.75 Å². The number of rotatable bonds is 9. The van der Waals surface area contributed by atoms with Gasteiger partial charge in [-0.2, -0.15) is 0 Å². The molecule has 0 fully saturated rings. The molecule has 0 bridgehead atoms. The van der Waals surface area contributed by atoms with Crippen molar-refractivity contribution >= 4 is 15.7 Å². The van der Waals surface area contributed by atoms with E-state index in [1.165, 1.54) is 25.1 Å². The number of sulfone groups is 1. The summed E-state index contributed by atoms with van der Waals surface area (Å²) >= 11 is 0. The second-order valence-electron chi connectivity index (χ2n) is 8.24. The van der Waals surface area contributed by atoms with Gasteiger partial charge in [0, 0.05) is 49.3 Å². The molecule has 2 atom stereocenters. The van der Waals surface area contributed by atoms with Gasteiger partial charge in [-0.05, 0) is 38.5 Å². The lowest BCUT2D eigenvalue weighted by Gasteiger charge is -2.39. The largest absolute Gasteiger partial charge is 0.487 e. The third-order valence-electron chi connectivity index (χ3n) is 5.23. The van der Waals surface area contributed by atoms with Crippen LogP contribution in [0.2, 0.25) is 0 Å². The van der Waals surface area contributed by atoms with Gasteiger partial charge in [0.2, 0.25) is 0 Å². The van der Waals surface area contributed by atoms with Gasteiger partial charge in [0.15, 0.2) is 15.2 Å². The molecule has 2 N–H and O–H groups in total. The van der Waals surface area contributed by atoms with E-state index in [9.17, 15) is 17.6 Å². The maximum atomic E-state index is 13.9. The average molecular weight is 453 g/mol. The number of ether oxygens (including phenoxy) is 1. The molecule has 0 saturated carbocycles. The van der Waals surface area contributed by atoms with Crippen LogP contribution in [0.4, 0.5) is 4.39 Å². The second kappa shape index (κ2) is 9.35. The molecule has 2 heterocycles. The standard InChI is InChI=1S/C21H29FN4O4S/c1-4-31(28,29)20(19(27)24-8-5-10-26-11-9-23-14-26)25-17-13-21(2,3)30-18-7-6-15(22)12-16(17)18/h6-7,9,11-12,14,17,20,25H,4-5,8,10,13H2,1-3H3,(H,24,27). The van der Waals surface area contributed by atoms with Crippen LogP contribution < -0.4 is 15.4 Å². The summed E-state index contributed by atoms with van der Waals surface area (Å²) < 4.78 is 47.1. The van der Waals surface area contributed by atoms with E-state index in [0.29, 0.717) is 37.2 Å². The van der Waals surface area contributed by atoms with E-state index in [1.807, 2.05) is 24.6 Å². The predicted octanol–water partition coefficient (Wildman–Crippen LogP) is 2.18. The van der Waals surface area contributed by atoms with E-state index in [0.717, 1.165) is 0 Å². The van der Waals surface area contributed by atoms with Crippen molar-refractivity contribution in [3.63, 3.8) is 0 Å². The number of carbonyl (C=O) groups is 1. The van der Waals surface area contributed by atoms with E-state index < -0.39 is 38.6 Å². The first-order valence-electron chi connectivity index (χ1n) is 10.3. The van der Waals surface area contributed by atoms with Crippen LogP contribution in [0, 0.1) is 5.82 Å². The molecule has 2 aromatic rings. The Bertz CT molecular complexity index is 1010. The molecule has 1 aromatic heterocycles. The van der Waals surface area contributed by atoms with Crippen LogP contribution in [0.3, 0.4) is 0 Å². The van der Waals surface area contributed by atoms with Gasteiger partial charge < -0.3 is 14.6 Å². The van der Waals surface area contributed by atoms with Crippen molar-refractivity contribution in [3.05, 3.63) is 48.3 Å². The molecule has 1 aliphatic heterocycles. The summed E-state index contributed by atoms with van der Waals surface area (Å²) in [6, 6.07) is 3.59. The van der Waals surface area contributed by atoms with Crippen LogP contribution >= 0.6 is 0 Å².